The van der Waals surface area contributed by atoms with Crippen molar-refractivity contribution in [3.63, 3.8) is 0 Å². The molecule has 80 valence electrons. The average Bonchev–Trinajstić information content (AvgIpc) is 2.30. The zero-order valence-electron chi connectivity index (χ0n) is 9.61. The summed E-state index contributed by atoms with van der Waals surface area (Å²) in [7, 11) is 0. The maximum absolute atomic E-state index is 4.31. The Labute approximate surface area is 92.6 Å². The molecule has 1 heterocycles. The zero-order chi connectivity index (χ0) is 10.9. The molecule has 0 fully saturated rings. The molecule has 0 saturated carbocycles. The first-order valence-electron chi connectivity index (χ1n) is 5.54. The molecule has 0 bridgehead atoms. The van der Waals surface area contributed by atoms with Gasteiger partial charge in [0.1, 0.15) is 0 Å². The molecule has 1 aromatic heterocycles. The molecule has 1 nitrogen and oxygen atoms in total. The lowest BCUT2D eigenvalue weighted by Gasteiger charge is -1.99. The van der Waals surface area contributed by atoms with Crippen molar-refractivity contribution in [3.8, 4) is 0 Å². The molecule has 0 aliphatic heterocycles. The summed E-state index contributed by atoms with van der Waals surface area (Å²) in [5.41, 5.74) is 2.36. The van der Waals surface area contributed by atoms with Gasteiger partial charge in [-0.1, -0.05) is 24.3 Å². The van der Waals surface area contributed by atoms with Crippen molar-refractivity contribution in [1.82, 2.24) is 4.98 Å². The average molecular weight is 201 g/mol. The molecule has 0 saturated heterocycles. The minimum atomic E-state index is 1.09. The van der Waals surface area contributed by atoms with Gasteiger partial charge in [0.15, 0.2) is 0 Å². The van der Waals surface area contributed by atoms with Gasteiger partial charge < -0.3 is 0 Å². The number of pyridine rings is 1. The topological polar surface area (TPSA) is 12.9 Å². The van der Waals surface area contributed by atoms with Crippen LogP contribution in [0.25, 0.3) is 5.57 Å². The molecule has 0 aromatic carbocycles. The molecular formula is C14H19N. The van der Waals surface area contributed by atoms with Gasteiger partial charge in [-0.25, -0.2) is 0 Å². The van der Waals surface area contributed by atoms with E-state index in [2.05, 4.69) is 43.1 Å². The van der Waals surface area contributed by atoms with E-state index in [0.29, 0.717) is 0 Å². The van der Waals surface area contributed by atoms with E-state index in [0.717, 1.165) is 12.1 Å². The second-order valence-electron chi connectivity index (χ2n) is 3.60. The number of aromatic nitrogens is 1. The van der Waals surface area contributed by atoms with E-state index in [1.807, 2.05) is 18.3 Å². The van der Waals surface area contributed by atoms with Crippen LogP contribution in [0.4, 0.5) is 0 Å². The van der Waals surface area contributed by atoms with E-state index in [4.69, 9.17) is 0 Å². The van der Waals surface area contributed by atoms with Crippen LogP contribution in [0.2, 0.25) is 0 Å². The van der Waals surface area contributed by atoms with Crippen molar-refractivity contribution >= 4 is 5.57 Å². The van der Waals surface area contributed by atoms with Crippen LogP contribution in [0.15, 0.2) is 42.6 Å². The first kappa shape index (κ1) is 11.7. The van der Waals surface area contributed by atoms with E-state index in [1.165, 1.54) is 18.4 Å². The van der Waals surface area contributed by atoms with E-state index in [1.54, 1.807) is 0 Å². The fraction of sp³-hybridized carbons (Fsp3) is 0.357. The summed E-state index contributed by atoms with van der Waals surface area (Å²) in [6.07, 6.45) is 11.9. The number of allylic oxidation sites excluding steroid dienone is 4. The lowest BCUT2D eigenvalue weighted by Crippen LogP contribution is -1.83. The molecule has 1 heteroatoms. The minimum Gasteiger partial charge on any atom is -0.257 e. The van der Waals surface area contributed by atoms with Gasteiger partial charge in [-0.3, -0.25) is 4.98 Å². The SMILES string of the molecule is C/C=C/CCC/C=C(\C)c1ccccn1. The smallest absolute Gasteiger partial charge is 0.0655 e. The summed E-state index contributed by atoms with van der Waals surface area (Å²) >= 11 is 0. The summed E-state index contributed by atoms with van der Waals surface area (Å²) in [6, 6.07) is 6.03. The van der Waals surface area contributed by atoms with Crippen LogP contribution in [0, 0.1) is 0 Å². The Balaban J connectivity index is 2.40. The predicted octanol–water partition coefficient (Wildman–Crippen LogP) is 4.23. The van der Waals surface area contributed by atoms with Gasteiger partial charge in [-0.15, -0.1) is 0 Å². The van der Waals surface area contributed by atoms with Gasteiger partial charge in [-0.2, -0.15) is 0 Å². The Hall–Kier alpha value is -1.37. The van der Waals surface area contributed by atoms with Crippen LogP contribution in [0.1, 0.15) is 38.8 Å². The van der Waals surface area contributed by atoms with E-state index in [-0.39, 0.29) is 0 Å². The second kappa shape index (κ2) is 6.99. The lowest BCUT2D eigenvalue weighted by molar-refractivity contribution is 0.867. The summed E-state index contributed by atoms with van der Waals surface area (Å²) in [5.74, 6) is 0. The third-order valence-electron chi connectivity index (χ3n) is 2.33. The molecule has 0 radical (unpaired) electrons. The predicted molar refractivity (Wildman–Crippen MR) is 66.6 cm³/mol. The van der Waals surface area contributed by atoms with Crippen molar-refractivity contribution < 1.29 is 0 Å². The quantitative estimate of drug-likeness (QED) is 0.513. The van der Waals surface area contributed by atoms with Crippen molar-refractivity contribution in [1.29, 1.82) is 0 Å². The van der Waals surface area contributed by atoms with E-state index < -0.39 is 0 Å². The van der Waals surface area contributed by atoms with E-state index in [9.17, 15) is 0 Å². The number of hydrogen-bond donors (Lipinski definition) is 0. The molecule has 0 spiro atoms. The monoisotopic (exact) mass is 201 g/mol. The second-order valence-corrected chi connectivity index (χ2v) is 3.60. The summed E-state index contributed by atoms with van der Waals surface area (Å²) in [6.45, 7) is 4.19. The summed E-state index contributed by atoms with van der Waals surface area (Å²) < 4.78 is 0. The van der Waals surface area contributed by atoms with Gasteiger partial charge in [0.05, 0.1) is 5.69 Å². The van der Waals surface area contributed by atoms with Gasteiger partial charge in [0.25, 0.3) is 0 Å². The van der Waals surface area contributed by atoms with Crippen molar-refractivity contribution in [3.05, 3.63) is 48.3 Å². The van der Waals surface area contributed by atoms with Crippen molar-refractivity contribution in [2.24, 2.45) is 0 Å². The maximum atomic E-state index is 4.31. The normalized spacial score (nSPS) is 12.3. The Kier molecular flexibility index (Phi) is 5.46. The molecule has 0 aliphatic carbocycles. The number of hydrogen-bond acceptors (Lipinski definition) is 1. The summed E-state index contributed by atoms with van der Waals surface area (Å²) in [5, 5.41) is 0. The highest BCUT2D eigenvalue weighted by Gasteiger charge is 1.93. The lowest BCUT2D eigenvalue weighted by atomic mass is 10.1. The zero-order valence-corrected chi connectivity index (χ0v) is 9.61. The number of nitrogens with zero attached hydrogens (tertiary/aromatic N) is 1. The molecule has 1 aromatic rings. The first-order valence-corrected chi connectivity index (χ1v) is 5.54. The first-order chi connectivity index (χ1) is 7.34. The van der Waals surface area contributed by atoms with Crippen LogP contribution in [0.5, 0.6) is 0 Å². The highest BCUT2D eigenvalue weighted by Crippen LogP contribution is 2.11. The van der Waals surface area contributed by atoms with Crippen LogP contribution < -0.4 is 0 Å². The molecule has 15 heavy (non-hydrogen) atoms. The third kappa shape index (κ3) is 4.59. The van der Waals surface area contributed by atoms with Crippen molar-refractivity contribution in [2.45, 2.75) is 33.1 Å². The maximum Gasteiger partial charge on any atom is 0.0655 e. The minimum absolute atomic E-state index is 1.09. The fourth-order valence-corrected chi connectivity index (χ4v) is 1.42. The van der Waals surface area contributed by atoms with Crippen LogP contribution in [-0.4, -0.2) is 4.98 Å². The third-order valence-corrected chi connectivity index (χ3v) is 2.33. The molecular weight excluding hydrogens is 182 g/mol. The van der Waals surface area contributed by atoms with E-state index >= 15 is 0 Å². The molecule has 1 rings (SSSR count). The highest BCUT2D eigenvalue weighted by atomic mass is 14.7. The van der Waals surface area contributed by atoms with Crippen LogP contribution >= 0.6 is 0 Å². The fourth-order valence-electron chi connectivity index (χ4n) is 1.42. The Morgan fingerprint density at radius 1 is 1.33 bits per heavy atom. The molecule has 0 atom stereocenters. The van der Waals surface area contributed by atoms with Gasteiger partial charge >= 0.3 is 0 Å². The number of unbranched alkanes of at least 4 members (excludes halogenated alkanes) is 2. The highest BCUT2D eigenvalue weighted by molar-refractivity contribution is 5.59. The molecule has 0 N–H and O–H groups in total. The molecule has 0 aliphatic rings. The van der Waals surface area contributed by atoms with Crippen LogP contribution in [-0.2, 0) is 0 Å². The summed E-state index contributed by atoms with van der Waals surface area (Å²) in [4.78, 5) is 4.31. The van der Waals surface area contributed by atoms with Gasteiger partial charge in [-0.05, 0) is 50.8 Å². The largest absolute Gasteiger partial charge is 0.257 e. The molecule has 0 unspecified atom stereocenters. The molecule has 0 amide bonds. The number of rotatable bonds is 5. The Morgan fingerprint density at radius 3 is 2.87 bits per heavy atom. The van der Waals surface area contributed by atoms with Gasteiger partial charge in [0.2, 0.25) is 0 Å². The Morgan fingerprint density at radius 2 is 2.20 bits per heavy atom. The Bertz CT molecular complexity index is 322. The van der Waals surface area contributed by atoms with Gasteiger partial charge in [0, 0.05) is 6.20 Å². The van der Waals surface area contributed by atoms with Crippen molar-refractivity contribution in [2.75, 3.05) is 0 Å². The standard InChI is InChI=1S/C14H19N/c1-3-4-5-6-7-10-13(2)14-11-8-9-12-15-14/h3-4,8-12H,5-7H2,1-2H3/b4-3+,13-10+. The van der Waals surface area contributed by atoms with Crippen LogP contribution in [0.3, 0.4) is 0 Å².